The van der Waals surface area contributed by atoms with Crippen LogP contribution in [0.5, 0.6) is 0 Å². The van der Waals surface area contributed by atoms with Crippen molar-refractivity contribution >= 4 is 45.2 Å². The molecule has 0 aliphatic rings. The van der Waals surface area contributed by atoms with Gasteiger partial charge in [0.2, 0.25) is 0 Å². The van der Waals surface area contributed by atoms with Gasteiger partial charge in [0.25, 0.3) is 5.91 Å². The highest BCUT2D eigenvalue weighted by Crippen LogP contribution is 2.34. The molecule has 0 radical (unpaired) electrons. The lowest BCUT2D eigenvalue weighted by Crippen LogP contribution is -2.15. The number of thiophene rings is 1. The molecular formula is C26H21NO7S. The van der Waals surface area contributed by atoms with Crippen LogP contribution in [-0.2, 0) is 9.47 Å². The summed E-state index contributed by atoms with van der Waals surface area (Å²) >= 11 is 0.928. The summed E-state index contributed by atoms with van der Waals surface area (Å²) in [7, 11) is 1.23. The number of carbonyl (C=O) groups is 3. The third kappa shape index (κ3) is 4.71. The average molecular weight is 492 g/mol. The predicted octanol–water partition coefficient (Wildman–Crippen LogP) is 5.05. The van der Waals surface area contributed by atoms with Crippen molar-refractivity contribution in [2.75, 3.05) is 19.0 Å². The second-order valence-electron chi connectivity index (χ2n) is 7.49. The first-order valence-corrected chi connectivity index (χ1v) is 11.5. The van der Waals surface area contributed by atoms with Gasteiger partial charge < -0.3 is 19.2 Å². The van der Waals surface area contributed by atoms with Crippen LogP contribution in [0.3, 0.4) is 0 Å². The highest BCUT2D eigenvalue weighted by Gasteiger charge is 2.27. The molecule has 4 aromatic rings. The van der Waals surface area contributed by atoms with Gasteiger partial charge in [-0.25, -0.2) is 14.4 Å². The van der Waals surface area contributed by atoms with Crippen molar-refractivity contribution in [2.24, 2.45) is 0 Å². The zero-order valence-corrected chi connectivity index (χ0v) is 20.0. The van der Waals surface area contributed by atoms with E-state index in [0.717, 1.165) is 16.7 Å². The van der Waals surface area contributed by atoms with E-state index in [4.69, 9.17) is 13.9 Å². The number of carbonyl (C=O) groups excluding carboxylic acids is 3. The first-order valence-electron chi connectivity index (χ1n) is 10.7. The number of methoxy groups -OCH3 is 1. The third-order valence-corrected chi connectivity index (χ3v) is 6.49. The molecule has 0 aliphatic carbocycles. The Morgan fingerprint density at radius 3 is 2.54 bits per heavy atom. The third-order valence-electron chi connectivity index (χ3n) is 5.30. The molecule has 0 spiro atoms. The van der Waals surface area contributed by atoms with Crippen LogP contribution < -0.4 is 10.9 Å². The van der Waals surface area contributed by atoms with Gasteiger partial charge >= 0.3 is 17.6 Å². The topological polar surface area (TPSA) is 112 Å². The van der Waals surface area contributed by atoms with Crippen molar-refractivity contribution in [3.8, 4) is 11.1 Å². The standard InChI is InChI=1S/C26H21NO7S/c1-4-33-25(30)20-14(2)21(26(31)32-3)35-23(20)27-22(28)17-10-7-9-15(12-17)18-13-16-8-5-6-11-19(16)34-24(18)29/h5-13H,4H2,1-3H3,(H,27,28). The molecule has 2 aromatic heterocycles. The maximum atomic E-state index is 13.1. The second-order valence-corrected chi connectivity index (χ2v) is 8.51. The van der Waals surface area contributed by atoms with Crippen LogP contribution in [0.2, 0.25) is 0 Å². The highest BCUT2D eigenvalue weighted by atomic mass is 32.1. The van der Waals surface area contributed by atoms with Crippen LogP contribution in [0.1, 0.15) is 42.9 Å². The van der Waals surface area contributed by atoms with Gasteiger partial charge in [-0.1, -0.05) is 30.3 Å². The van der Waals surface area contributed by atoms with Crippen LogP contribution in [-0.4, -0.2) is 31.6 Å². The summed E-state index contributed by atoms with van der Waals surface area (Å²) in [4.78, 5) is 50.6. The molecule has 0 fully saturated rings. The zero-order valence-electron chi connectivity index (χ0n) is 19.2. The fourth-order valence-corrected chi connectivity index (χ4v) is 4.71. The summed E-state index contributed by atoms with van der Waals surface area (Å²) in [5.41, 5.74) is 1.45. The smallest absolute Gasteiger partial charge is 0.348 e. The molecule has 178 valence electrons. The van der Waals surface area contributed by atoms with Gasteiger partial charge in [-0.15, -0.1) is 11.3 Å². The summed E-state index contributed by atoms with van der Waals surface area (Å²) in [6, 6.07) is 15.3. The van der Waals surface area contributed by atoms with Crippen molar-refractivity contribution < 1.29 is 28.3 Å². The Bertz CT molecular complexity index is 1520. The van der Waals surface area contributed by atoms with E-state index in [1.54, 1.807) is 56.3 Å². The van der Waals surface area contributed by atoms with Crippen LogP contribution in [0.25, 0.3) is 22.1 Å². The fourth-order valence-electron chi connectivity index (χ4n) is 3.60. The number of amides is 1. The molecule has 0 saturated heterocycles. The first-order chi connectivity index (χ1) is 16.8. The Balaban J connectivity index is 1.70. The van der Waals surface area contributed by atoms with Crippen LogP contribution in [0, 0.1) is 6.92 Å². The quantitative estimate of drug-likeness (QED) is 0.297. The van der Waals surface area contributed by atoms with E-state index in [0.29, 0.717) is 22.3 Å². The van der Waals surface area contributed by atoms with E-state index in [9.17, 15) is 19.2 Å². The highest BCUT2D eigenvalue weighted by molar-refractivity contribution is 7.18. The number of fused-ring (bicyclic) bond motifs is 1. The minimum atomic E-state index is -0.658. The molecule has 35 heavy (non-hydrogen) atoms. The van der Waals surface area contributed by atoms with E-state index in [2.05, 4.69) is 5.32 Å². The minimum absolute atomic E-state index is 0.0944. The van der Waals surface area contributed by atoms with Gasteiger partial charge in [0, 0.05) is 10.9 Å². The summed E-state index contributed by atoms with van der Waals surface area (Å²) in [6.45, 7) is 3.38. The van der Waals surface area contributed by atoms with Gasteiger partial charge in [0.05, 0.1) is 24.8 Å². The molecule has 2 aromatic carbocycles. The SMILES string of the molecule is CCOC(=O)c1c(NC(=O)c2cccc(-c3cc4ccccc4oc3=O)c2)sc(C(=O)OC)c1C. The molecular weight excluding hydrogens is 470 g/mol. The van der Waals surface area contributed by atoms with Gasteiger partial charge in [-0.3, -0.25) is 4.79 Å². The molecule has 8 nitrogen and oxygen atoms in total. The molecule has 0 aliphatic heterocycles. The molecule has 4 rings (SSSR count). The zero-order chi connectivity index (χ0) is 25.1. The normalized spacial score (nSPS) is 10.7. The summed E-state index contributed by atoms with van der Waals surface area (Å²) in [6.07, 6.45) is 0. The average Bonchev–Trinajstić information content (AvgIpc) is 3.18. The number of anilines is 1. The fraction of sp³-hybridized carbons (Fsp3) is 0.154. The second kappa shape index (κ2) is 9.94. The van der Waals surface area contributed by atoms with Crippen molar-refractivity contribution in [3.05, 3.63) is 86.6 Å². The Kier molecular flexibility index (Phi) is 6.79. The lowest BCUT2D eigenvalue weighted by Gasteiger charge is -2.08. The largest absolute Gasteiger partial charge is 0.465 e. The van der Waals surface area contributed by atoms with Crippen molar-refractivity contribution in [2.45, 2.75) is 13.8 Å². The monoisotopic (exact) mass is 491 g/mol. The molecule has 0 saturated carbocycles. The first kappa shape index (κ1) is 23.9. The number of nitrogens with one attached hydrogen (secondary N) is 1. The summed E-state index contributed by atoms with van der Waals surface area (Å²) in [5.74, 6) is -1.81. The van der Waals surface area contributed by atoms with Gasteiger partial charge in [-0.05, 0) is 49.2 Å². The van der Waals surface area contributed by atoms with Crippen LogP contribution in [0.4, 0.5) is 5.00 Å². The number of para-hydroxylation sites is 1. The van der Waals surface area contributed by atoms with Crippen molar-refractivity contribution in [1.29, 1.82) is 0 Å². The minimum Gasteiger partial charge on any atom is -0.465 e. The number of benzene rings is 2. The maximum Gasteiger partial charge on any atom is 0.348 e. The predicted molar refractivity (Wildman–Crippen MR) is 132 cm³/mol. The lowest BCUT2D eigenvalue weighted by atomic mass is 10.0. The number of ether oxygens (including phenoxy) is 2. The molecule has 1 N–H and O–H groups in total. The number of rotatable bonds is 6. The number of hydrogen-bond donors (Lipinski definition) is 1. The lowest BCUT2D eigenvalue weighted by molar-refractivity contribution is 0.0527. The van der Waals surface area contributed by atoms with Crippen LogP contribution >= 0.6 is 11.3 Å². The van der Waals surface area contributed by atoms with Gasteiger partial charge in [0.15, 0.2) is 0 Å². The summed E-state index contributed by atoms with van der Waals surface area (Å²) in [5, 5.41) is 3.62. The van der Waals surface area contributed by atoms with Crippen molar-refractivity contribution in [3.63, 3.8) is 0 Å². The van der Waals surface area contributed by atoms with E-state index in [1.165, 1.54) is 7.11 Å². The molecule has 9 heteroatoms. The maximum absolute atomic E-state index is 13.1. The number of esters is 2. The summed E-state index contributed by atoms with van der Waals surface area (Å²) < 4.78 is 15.3. The molecule has 2 heterocycles. The van der Waals surface area contributed by atoms with Gasteiger partial charge in [-0.2, -0.15) is 0 Å². The Hall–Kier alpha value is -4.24. The van der Waals surface area contributed by atoms with E-state index < -0.39 is 23.5 Å². The molecule has 0 unspecified atom stereocenters. The molecule has 0 bridgehead atoms. The molecule has 0 atom stereocenters. The molecule has 1 amide bonds. The Morgan fingerprint density at radius 2 is 1.80 bits per heavy atom. The van der Waals surface area contributed by atoms with Gasteiger partial charge in [0.1, 0.15) is 15.5 Å². The van der Waals surface area contributed by atoms with Crippen molar-refractivity contribution in [1.82, 2.24) is 0 Å². The Morgan fingerprint density at radius 1 is 1.03 bits per heavy atom. The Labute approximate surface area is 204 Å². The number of hydrogen-bond acceptors (Lipinski definition) is 8. The van der Waals surface area contributed by atoms with Crippen LogP contribution in [0.15, 0.2) is 63.8 Å². The van der Waals surface area contributed by atoms with E-state index >= 15 is 0 Å². The van der Waals surface area contributed by atoms with E-state index in [-0.39, 0.29) is 27.6 Å². The van der Waals surface area contributed by atoms with E-state index in [1.807, 2.05) is 12.1 Å².